The van der Waals surface area contributed by atoms with Crippen LogP contribution in [0.1, 0.15) is 0 Å². The summed E-state index contributed by atoms with van der Waals surface area (Å²) in [6.45, 7) is 0.146. The minimum atomic E-state index is -0.713. The minimum absolute atomic E-state index is 0.140. The molecular formula is C4H5NO2S. The first-order valence-electron chi connectivity index (χ1n) is 2.20. The van der Waals surface area contributed by atoms with Gasteiger partial charge in [0.15, 0.2) is 5.78 Å². The molecule has 1 aliphatic rings. The Hall–Kier alpha value is -0.510. The van der Waals surface area contributed by atoms with E-state index in [2.05, 4.69) is 17.9 Å². The fourth-order valence-electron chi connectivity index (χ4n) is 0.514. The highest BCUT2D eigenvalue weighted by Gasteiger charge is 2.28. The molecule has 1 unspecified atom stereocenters. The van der Waals surface area contributed by atoms with Crippen LogP contribution >= 0.6 is 12.6 Å². The van der Waals surface area contributed by atoms with E-state index < -0.39 is 5.25 Å². The molecule has 0 radical (unpaired) electrons. The Morgan fingerprint density at radius 2 is 2.25 bits per heavy atom. The van der Waals surface area contributed by atoms with E-state index in [-0.39, 0.29) is 18.2 Å². The van der Waals surface area contributed by atoms with Gasteiger partial charge in [-0.3, -0.25) is 9.59 Å². The standard InChI is InChI=1S/C4H5NO2S/c6-2-1-5-4(7)3(2)8/h3,8H,1H2,(H,5,7). The molecule has 8 heavy (non-hydrogen) atoms. The van der Waals surface area contributed by atoms with Crippen molar-refractivity contribution < 1.29 is 9.59 Å². The van der Waals surface area contributed by atoms with Crippen molar-refractivity contribution >= 4 is 24.3 Å². The zero-order chi connectivity index (χ0) is 6.15. The summed E-state index contributed by atoms with van der Waals surface area (Å²) < 4.78 is 0. The van der Waals surface area contributed by atoms with Crippen LogP contribution in [0.3, 0.4) is 0 Å². The molecule has 1 rings (SSSR count). The molecule has 0 bridgehead atoms. The van der Waals surface area contributed by atoms with Gasteiger partial charge in [-0.2, -0.15) is 12.6 Å². The first-order chi connectivity index (χ1) is 3.72. The van der Waals surface area contributed by atoms with Gasteiger partial charge in [0.1, 0.15) is 5.25 Å². The molecule has 1 atom stereocenters. The van der Waals surface area contributed by atoms with Crippen LogP contribution in [-0.2, 0) is 9.59 Å². The third-order valence-electron chi connectivity index (χ3n) is 0.990. The second-order valence-electron chi connectivity index (χ2n) is 1.59. The molecule has 1 heterocycles. The molecule has 0 aromatic rings. The molecule has 1 amide bonds. The summed E-state index contributed by atoms with van der Waals surface area (Å²) in [5, 5.41) is 1.64. The number of nitrogens with one attached hydrogen (secondary N) is 1. The van der Waals surface area contributed by atoms with Gasteiger partial charge in [0.25, 0.3) is 0 Å². The summed E-state index contributed by atoms with van der Waals surface area (Å²) in [6, 6.07) is 0. The van der Waals surface area contributed by atoms with Crippen LogP contribution in [0.4, 0.5) is 0 Å². The van der Waals surface area contributed by atoms with Crippen LogP contribution in [0.5, 0.6) is 0 Å². The number of hydrogen-bond acceptors (Lipinski definition) is 3. The number of carbonyl (C=O) groups is 2. The van der Waals surface area contributed by atoms with Crippen molar-refractivity contribution in [3.8, 4) is 0 Å². The van der Waals surface area contributed by atoms with Gasteiger partial charge in [-0.05, 0) is 0 Å². The van der Waals surface area contributed by atoms with Gasteiger partial charge in [-0.25, -0.2) is 0 Å². The van der Waals surface area contributed by atoms with Crippen LogP contribution in [0.2, 0.25) is 0 Å². The van der Waals surface area contributed by atoms with Gasteiger partial charge in [0, 0.05) is 0 Å². The van der Waals surface area contributed by atoms with E-state index in [0.29, 0.717) is 0 Å². The minimum Gasteiger partial charge on any atom is -0.348 e. The molecule has 1 saturated heterocycles. The van der Waals surface area contributed by atoms with Crippen LogP contribution in [0.25, 0.3) is 0 Å². The first kappa shape index (κ1) is 5.62. The van der Waals surface area contributed by atoms with E-state index in [1.54, 1.807) is 0 Å². The molecular weight excluding hydrogens is 126 g/mol. The van der Waals surface area contributed by atoms with E-state index >= 15 is 0 Å². The molecule has 1 N–H and O–H groups in total. The van der Waals surface area contributed by atoms with E-state index in [0.717, 1.165) is 0 Å². The number of thiol groups is 1. The van der Waals surface area contributed by atoms with Gasteiger partial charge in [-0.1, -0.05) is 0 Å². The van der Waals surface area contributed by atoms with Crippen molar-refractivity contribution in [2.45, 2.75) is 5.25 Å². The van der Waals surface area contributed by atoms with Crippen LogP contribution in [-0.4, -0.2) is 23.5 Å². The molecule has 1 aliphatic heterocycles. The Kier molecular flexibility index (Phi) is 1.25. The highest BCUT2D eigenvalue weighted by Crippen LogP contribution is 2.01. The summed E-state index contributed by atoms with van der Waals surface area (Å²) in [6.07, 6.45) is 0. The lowest BCUT2D eigenvalue weighted by Gasteiger charge is -1.88. The molecule has 0 aliphatic carbocycles. The quantitative estimate of drug-likeness (QED) is 0.326. The average Bonchev–Trinajstić information content (AvgIpc) is 1.98. The van der Waals surface area contributed by atoms with Gasteiger partial charge in [0.05, 0.1) is 6.54 Å². The largest absolute Gasteiger partial charge is 0.348 e. The van der Waals surface area contributed by atoms with E-state index in [4.69, 9.17) is 0 Å². The number of hydrogen-bond donors (Lipinski definition) is 2. The number of ketones is 1. The Morgan fingerprint density at radius 3 is 2.38 bits per heavy atom. The molecule has 3 nitrogen and oxygen atoms in total. The summed E-state index contributed by atoms with van der Waals surface area (Å²) in [5.41, 5.74) is 0. The number of carbonyl (C=O) groups excluding carboxylic acids is 2. The lowest BCUT2D eigenvalue weighted by molar-refractivity contribution is -0.121. The van der Waals surface area contributed by atoms with E-state index in [1.807, 2.05) is 0 Å². The molecule has 44 valence electrons. The Balaban J connectivity index is 2.70. The Bertz CT molecular complexity index is 129. The SMILES string of the molecule is O=C1CNC(=O)C1S. The zero-order valence-corrected chi connectivity index (χ0v) is 4.94. The number of amides is 1. The van der Waals surface area contributed by atoms with Crippen LogP contribution < -0.4 is 5.32 Å². The second kappa shape index (κ2) is 1.78. The highest BCUT2D eigenvalue weighted by atomic mass is 32.1. The van der Waals surface area contributed by atoms with Crippen molar-refractivity contribution in [2.24, 2.45) is 0 Å². The van der Waals surface area contributed by atoms with Gasteiger partial charge in [-0.15, -0.1) is 0 Å². The van der Waals surface area contributed by atoms with Crippen molar-refractivity contribution in [3.63, 3.8) is 0 Å². The van der Waals surface area contributed by atoms with Crippen molar-refractivity contribution in [1.82, 2.24) is 5.32 Å². The maximum absolute atomic E-state index is 10.4. The fraction of sp³-hybridized carbons (Fsp3) is 0.500. The lowest BCUT2D eigenvalue weighted by Crippen LogP contribution is -2.19. The number of rotatable bonds is 0. The van der Waals surface area contributed by atoms with Crippen molar-refractivity contribution in [3.05, 3.63) is 0 Å². The van der Waals surface area contributed by atoms with Crippen molar-refractivity contribution in [1.29, 1.82) is 0 Å². The summed E-state index contributed by atoms with van der Waals surface area (Å²) in [4.78, 5) is 20.8. The topological polar surface area (TPSA) is 46.2 Å². The predicted molar refractivity (Wildman–Crippen MR) is 30.8 cm³/mol. The normalized spacial score (nSPS) is 28.4. The summed E-state index contributed by atoms with van der Waals surface area (Å²) in [5.74, 6) is -0.420. The molecule has 0 aromatic heterocycles. The van der Waals surface area contributed by atoms with Gasteiger partial charge >= 0.3 is 0 Å². The van der Waals surface area contributed by atoms with Gasteiger partial charge in [0.2, 0.25) is 5.91 Å². The fourth-order valence-corrected chi connectivity index (χ4v) is 0.696. The highest BCUT2D eigenvalue weighted by molar-refractivity contribution is 7.82. The average molecular weight is 131 g/mol. The van der Waals surface area contributed by atoms with Crippen molar-refractivity contribution in [2.75, 3.05) is 6.54 Å². The smallest absolute Gasteiger partial charge is 0.240 e. The third-order valence-corrected chi connectivity index (χ3v) is 1.51. The molecule has 0 aromatic carbocycles. The zero-order valence-electron chi connectivity index (χ0n) is 4.05. The van der Waals surface area contributed by atoms with Crippen LogP contribution in [0.15, 0.2) is 0 Å². The molecule has 1 fully saturated rings. The van der Waals surface area contributed by atoms with Gasteiger partial charge < -0.3 is 5.32 Å². The predicted octanol–water partition coefficient (Wildman–Crippen LogP) is -1.02. The summed E-state index contributed by atoms with van der Waals surface area (Å²) in [7, 11) is 0. The number of Topliss-reactive ketones (excluding diaryl/α,β-unsaturated/α-hetero) is 1. The molecule has 4 heteroatoms. The lowest BCUT2D eigenvalue weighted by atomic mass is 10.3. The third kappa shape index (κ3) is 0.709. The second-order valence-corrected chi connectivity index (χ2v) is 2.10. The monoisotopic (exact) mass is 131 g/mol. The Morgan fingerprint density at radius 1 is 1.62 bits per heavy atom. The maximum atomic E-state index is 10.4. The maximum Gasteiger partial charge on any atom is 0.240 e. The Labute approximate surface area is 51.9 Å². The van der Waals surface area contributed by atoms with Crippen LogP contribution in [0, 0.1) is 0 Å². The van der Waals surface area contributed by atoms with E-state index in [1.165, 1.54) is 0 Å². The first-order valence-corrected chi connectivity index (χ1v) is 2.72. The molecule has 0 saturated carbocycles. The molecule has 0 spiro atoms. The van der Waals surface area contributed by atoms with E-state index in [9.17, 15) is 9.59 Å². The summed E-state index contributed by atoms with van der Waals surface area (Å²) >= 11 is 3.72.